The molecule has 0 radical (unpaired) electrons. The van der Waals surface area contributed by atoms with E-state index in [0.29, 0.717) is 12.7 Å². The molecular formula is C31H58O2. The molecule has 0 aliphatic heterocycles. The quantitative estimate of drug-likeness (QED) is 0.277. The standard InChI is InChI=1S/C31H58O2/c1-4-10-24-12-14-26(15-13-24)23-33-29-17-19-31(28(6-3)22-29)30-18-16-25(21-27(30)5-2)11-8-7-9-20-32/h24-32H,4-23H2,1-3H3. The Morgan fingerprint density at radius 1 is 0.636 bits per heavy atom. The summed E-state index contributed by atoms with van der Waals surface area (Å²) >= 11 is 0. The van der Waals surface area contributed by atoms with Gasteiger partial charge < -0.3 is 9.84 Å². The SMILES string of the molecule is CCCC1CCC(COC2CCC(C3CCC(CCCCCO)CC3CC)C(CC)C2)CC1. The van der Waals surface area contributed by atoms with Gasteiger partial charge in [0.1, 0.15) is 0 Å². The molecule has 0 aromatic heterocycles. The summed E-state index contributed by atoms with van der Waals surface area (Å²) in [5, 5.41) is 9.05. The van der Waals surface area contributed by atoms with E-state index in [1.807, 2.05) is 0 Å². The zero-order valence-corrected chi connectivity index (χ0v) is 22.6. The van der Waals surface area contributed by atoms with Gasteiger partial charge in [0.05, 0.1) is 6.10 Å². The van der Waals surface area contributed by atoms with Gasteiger partial charge in [-0.3, -0.25) is 0 Å². The van der Waals surface area contributed by atoms with Crippen molar-refractivity contribution >= 4 is 0 Å². The van der Waals surface area contributed by atoms with Crippen molar-refractivity contribution in [3.63, 3.8) is 0 Å². The van der Waals surface area contributed by atoms with E-state index in [2.05, 4.69) is 20.8 Å². The predicted molar refractivity (Wildman–Crippen MR) is 141 cm³/mol. The second-order valence-corrected chi connectivity index (χ2v) is 12.4. The molecule has 3 aliphatic carbocycles. The highest BCUT2D eigenvalue weighted by Gasteiger charge is 2.40. The van der Waals surface area contributed by atoms with Crippen LogP contribution in [0.25, 0.3) is 0 Å². The van der Waals surface area contributed by atoms with Crippen molar-refractivity contribution in [3.05, 3.63) is 0 Å². The predicted octanol–water partition coefficient (Wildman–Crippen LogP) is 8.80. The van der Waals surface area contributed by atoms with Gasteiger partial charge >= 0.3 is 0 Å². The van der Waals surface area contributed by atoms with Gasteiger partial charge in [0.15, 0.2) is 0 Å². The Morgan fingerprint density at radius 3 is 1.94 bits per heavy atom. The minimum Gasteiger partial charge on any atom is -0.396 e. The zero-order chi connectivity index (χ0) is 23.5. The second-order valence-electron chi connectivity index (χ2n) is 12.4. The number of hydrogen-bond acceptors (Lipinski definition) is 2. The van der Waals surface area contributed by atoms with Crippen molar-refractivity contribution in [3.8, 4) is 0 Å². The summed E-state index contributed by atoms with van der Waals surface area (Å²) in [6, 6.07) is 0. The first kappa shape index (κ1) is 27.5. The lowest BCUT2D eigenvalue weighted by molar-refractivity contribution is -0.0460. The molecule has 0 aromatic carbocycles. The number of aliphatic hydroxyl groups excluding tert-OH is 1. The van der Waals surface area contributed by atoms with Crippen LogP contribution in [0, 0.1) is 41.4 Å². The molecule has 0 amide bonds. The molecule has 3 rings (SSSR count). The van der Waals surface area contributed by atoms with Crippen molar-refractivity contribution < 1.29 is 9.84 Å². The van der Waals surface area contributed by atoms with Crippen LogP contribution in [-0.4, -0.2) is 24.4 Å². The largest absolute Gasteiger partial charge is 0.396 e. The first-order valence-corrected chi connectivity index (χ1v) is 15.4. The summed E-state index contributed by atoms with van der Waals surface area (Å²) in [6.07, 6.45) is 25.3. The average molecular weight is 463 g/mol. The molecule has 6 unspecified atom stereocenters. The summed E-state index contributed by atoms with van der Waals surface area (Å²) in [5.74, 6) is 6.59. The number of hydrogen-bond donors (Lipinski definition) is 1. The summed E-state index contributed by atoms with van der Waals surface area (Å²) < 4.78 is 6.60. The Balaban J connectivity index is 1.41. The summed E-state index contributed by atoms with van der Waals surface area (Å²) in [4.78, 5) is 0. The number of ether oxygens (including phenoxy) is 1. The van der Waals surface area contributed by atoms with Gasteiger partial charge in [-0.15, -0.1) is 0 Å². The van der Waals surface area contributed by atoms with Crippen LogP contribution in [0.5, 0.6) is 0 Å². The van der Waals surface area contributed by atoms with Crippen molar-refractivity contribution in [1.82, 2.24) is 0 Å². The monoisotopic (exact) mass is 462 g/mol. The molecule has 3 saturated carbocycles. The van der Waals surface area contributed by atoms with Gasteiger partial charge in [-0.25, -0.2) is 0 Å². The van der Waals surface area contributed by atoms with E-state index < -0.39 is 0 Å². The van der Waals surface area contributed by atoms with Gasteiger partial charge in [0.25, 0.3) is 0 Å². The van der Waals surface area contributed by atoms with Crippen LogP contribution >= 0.6 is 0 Å². The van der Waals surface area contributed by atoms with Gasteiger partial charge in [-0.2, -0.15) is 0 Å². The van der Waals surface area contributed by atoms with Crippen molar-refractivity contribution in [2.75, 3.05) is 13.2 Å². The molecule has 0 spiro atoms. The van der Waals surface area contributed by atoms with E-state index in [9.17, 15) is 0 Å². The maximum absolute atomic E-state index is 9.05. The zero-order valence-electron chi connectivity index (χ0n) is 22.6. The Labute approximate surface area is 207 Å². The maximum Gasteiger partial charge on any atom is 0.0578 e. The lowest BCUT2D eigenvalue weighted by atomic mass is 9.60. The lowest BCUT2D eigenvalue weighted by Gasteiger charge is -2.46. The Morgan fingerprint density at radius 2 is 1.27 bits per heavy atom. The van der Waals surface area contributed by atoms with Crippen molar-refractivity contribution in [2.24, 2.45) is 41.4 Å². The Kier molecular flexibility index (Phi) is 12.6. The summed E-state index contributed by atoms with van der Waals surface area (Å²) in [5.41, 5.74) is 0. The highest BCUT2D eigenvalue weighted by atomic mass is 16.5. The molecule has 0 aromatic rings. The highest BCUT2D eigenvalue weighted by Crippen LogP contribution is 2.48. The van der Waals surface area contributed by atoms with E-state index in [1.54, 1.807) is 0 Å². The Bertz CT molecular complexity index is 497. The van der Waals surface area contributed by atoms with E-state index in [0.717, 1.165) is 54.5 Å². The molecule has 2 nitrogen and oxygen atoms in total. The summed E-state index contributed by atoms with van der Waals surface area (Å²) in [7, 11) is 0. The fraction of sp³-hybridized carbons (Fsp3) is 1.00. The maximum atomic E-state index is 9.05. The van der Waals surface area contributed by atoms with E-state index in [4.69, 9.17) is 9.84 Å². The van der Waals surface area contributed by atoms with Crippen LogP contribution in [0.3, 0.4) is 0 Å². The first-order chi connectivity index (χ1) is 16.2. The van der Waals surface area contributed by atoms with Crippen LogP contribution in [-0.2, 0) is 4.74 Å². The van der Waals surface area contributed by atoms with Crippen LogP contribution < -0.4 is 0 Å². The number of aliphatic hydroxyl groups is 1. The topological polar surface area (TPSA) is 29.5 Å². The van der Waals surface area contributed by atoms with Crippen LogP contribution in [0.15, 0.2) is 0 Å². The Hall–Kier alpha value is -0.0800. The van der Waals surface area contributed by atoms with Crippen LogP contribution in [0.4, 0.5) is 0 Å². The molecule has 33 heavy (non-hydrogen) atoms. The molecule has 3 aliphatic rings. The third-order valence-corrected chi connectivity index (χ3v) is 10.2. The van der Waals surface area contributed by atoms with Crippen LogP contribution in [0.2, 0.25) is 0 Å². The smallest absolute Gasteiger partial charge is 0.0578 e. The fourth-order valence-electron chi connectivity index (χ4n) is 8.20. The lowest BCUT2D eigenvalue weighted by Crippen LogP contribution is -2.39. The molecule has 3 fully saturated rings. The molecule has 0 saturated heterocycles. The minimum atomic E-state index is 0.370. The first-order valence-electron chi connectivity index (χ1n) is 15.4. The molecule has 0 bridgehead atoms. The van der Waals surface area contributed by atoms with Gasteiger partial charge in [0, 0.05) is 13.2 Å². The van der Waals surface area contributed by atoms with Crippen molar-refractivity contribution in [2.45, 2.75) is 142 Å². The summed E-state index contributed by atoms with van der Waals surface area (Å²) in [6.45, 7) is 8.66. The molecule has 2 heteroatoms. The highest BCUT2D eigenvalue weighted by molar-refractivity contribution is 4.90. The molecule has 1 N–H and O–H groups in total. The van der Waals surface area contributed by atoms with E-state index in [-0.39, 0.29) is 0 Å². The molecule has 194 valence electrons. The van der Waals surface area contributed by atoms with E-state index in [1.165, 1.54) is 109 Å². The van der Waals surface area contributed by atoms with Gasteiger partial charge in [-0.1, -0.05) is 85.0 Å². The average Bonchev–Trinajstić information content (AvgIpc) is 2.86. The van der Waals surface area contributed by atoms with Gasteiger partial charge in [0.2, 0.25) is 0 Å². The minimum absolute atomic E-state index is 0.370. The third kappa shape index (κ3) is 8.52. The molecular weight excluding hydrogens is 404 g/mol. The van der Waals surface area contributed by atoms with E-state index >= 15 is 0 Å². The second kappa shape index (κ2) is 15.1. The molecule has 6 atom stereocenters. The van der Waals surface area contributed by atoms with Crippen molar-refractivity contribution in [1.29, 1.82) is 0 Å². The normalized spacial score (nSPS) is 37.8. The van der Waals surface area contributed by atoms with Gasteiger partial charge in [-0.05, 0) is 92.8 Å². The number of unbranched alkanes of at least 4 members (excludes halogenated alkanes) is 2. The van der Waals surface area contributed by atoms with Crippen LogP contribution in [0.1, 0.15) is 136 Å². The fourth-order valence-corrected chi connectivity index (χ4v) is 8.20. The molecule has 0 heterocycles. The third-order valence-electron chi connectivity index (χ3n) is 10.2. The number of rotatable bonds is 13.